The van der Waals surface area contributed by atoms with E-state index in [1.54, 1.807) is 30.3 Å². The Hall–Kier alpha value is -2.44. The van der Waals surface area contributed by atoms with Crippen molar-refractivity contribution in [1.82, 2.24) is 0 Å². The van der Waals surface area contributed by atoms with Crippen LogP contribution in [0.25, 0.3) is 11.1 Å². The normalized spacial score (nSPS) is 12.3. The Labute approximate surface area is 123 Å². The third kappa shape index (κ3) is 3.18. The fraction of sp³-hybridized carbons (Fsp3) is 0.200. The topological polar surface area (TPSA) is 145 Å². The van der Waals surface area contributed by atoms with E-state index in [4.69, 9.17) is 28.0 Å². The first kappa shape index (κ1) is 15.0. The van der Waals surface area contributed by atoms with E-state index in [9.17, 15) is 5.11 Å². The number of aliphatic hydroxyl groups is 2. The molecule has 2 aromatic carbocycles. The number of hydrogen-bond donors (Lipinski definition) is 6. The van der Waals surface area contributed by atoms with Crippen LogP contribution in [0.5, 0.6) is 0 Å². The lowest BCUT2D eigenvalue weighted by Crippen LogP contribution is -2.15. The first-order valence-electron chi connectivity index (χ1n) is 6.54. The number of hydrogen-bond acceptors (Lipinski definition) is 6. The van der Waals surface area contributed by atoms with Crippen molar-refractivity contribution in [3.63, 3.8) is 0 Å². The number of nitrogens with two attached hydrogens (primary N) is 4. The molecule has 0 fully saturated rings. The molecule has 0 saturated carbocycles. The summed E-state index contributed by atoms with van der Waals surface area (Å²) in [6, 6.07) is 8.62. The molecule has 2 aromatic rings. The molecule has 112 valence electrons. The van der Waals surface area contributed by atoms with E-state index in [2.05, 4.69) is 0 Å². The highest BCUT2D eigenvalue weighted by molar-refractivity contribution is 5.91. The summed E-state index contributed by atoms with van der Waals surface area (Å²) in [4.78, 5) is 0. The third-order valence-electron chi connectivity index (χ3n) is 3.32. The monoisotopic (exact) mass is 288 g/mol. The fourth-order valence-corrected chi connectivity index (χ4v) is 2.22. The highest BCUT2D eigenvalue weighted by Gasteiger charge is 2.13. The van der Waals surface area contributed by atoms with Gasteiger partial charge >= 0.3 is 0 Å². The van der Waals surface area contributed by atoms with Crippen molar-refractivity contribution in [2.45, 2.75) is 12.5 Å². The lowest BCUT2D eigenvalue weighted by atomic mass is 9.96. The van der Waals surface area contributed by atoms with Gasteiger partial charge in [-0.05, 0) is 35.9 Å². The van der Waals surface area contributed by atoms with Crippen LogP contribution in [0.3, 0.4) is 0 Å². The molecule has 1 unspecified atom stereocenters. The Morgan fingerprint density at radius 1 is 0.905 bits per heavy atom. The van der Waals surface area contributed by atoms with Gasteiger partial charge in [-0.25, -0.2) is 0 Å². The van der Waals surface area contributed by atoms with E-state index < -0.39 is 6.10 Å². The van der Waals surface area contributed by atoms with Crippen molar-refractivity contribution in [3.05, 3.63) is 35.9 Å². The third-order valence-corrected chi connectivity index (χ3v) is 3.32. The van der Waals surface area contributed by atoms with Crippen LogP contribution < -0.4 is 22.9 Å². The number of anilines is 4. The van der Waals surface area contributed by atoms with Crippen LogP contribution in [0, 0.1) is 0 Å². The van der Waals surface area contributed by atoms with Gasteiger partial charge in [-0.3, -0.25) is 0 Å². The molecule has 0 radical (unpaired) electrons. The van der Waals surface area contributed by atoms with Crippen LogP contribution in [-0.4, -0.2) is 22.9 Å². The van der Waals surface area contributed by atoms with Gasteiger partial charge in [0.1, 0.15) is 0 Å². The minimum Gasteiger partial charge on any atom is -0.399 e. The van der Waals surface area contributed by atoms with Gasteiger partial charge < -0.3 is 33.1 Å². The SMILES string of the molecule is Nc1ccc(N)c(-c2cc(CC(O)CO)cc(N)c2N)c1. The largest absolute Gasteiger partial charge is 0.399 e. The Morgan fingerprint density at radius 2 is 1.62 bits per heavy atom. The Bertz CT molecular complexity index is 658. The molecule has 1 atom stereocenters. The molecule has 0 bridgehead atoms. The van der Waals surface area contributed by atoms with Gasteiger partial charge in [0.15, 0.2) is 0 Å². The zero-order chi connectivity index (χ0) is 15.6. The summed E-state index contributed by atoms with van der Waals surface area (Å²) in [5.74, 6) is 0. The van der Waals surface area contributed by atoms with Gasteiger partial charge in [0.25, 0.3) is 0 Å². The van der Waals surface area contributed by atoms with Crippen LogP contribution >= 0.6 is 0 Å². The molecule has 21 heavy (non-hydrogen) atoms. The molecular weight excluding hydrogens is 268 g/mol. The molecule has 0 aliphatic carbocycles. The van der Waals surface area contributed by atoms with Crippen LogP contribution in [0.2, 0.25) is 0 Å². The number of aliphatic hydroxyl groups excluding tert-OH is 2. The molecular formula is C15H20N4O2. The second-order valence-corrected chi connectivity index (χ2v) is 5.03. The molecule has 10 N–H and O–H groups in total. The smallest absolute Gasteiger partial charge is 0.0811 e. The second kappa shape index (κ2) is 5.90. The summed E-state index contributed by atoms with van der Waals surface area (Å²) in [6.07, 6.45) is -0.574. The molecule has 0 saturated heterocycles. The van der Waals surface area contributed by atoms with Crippen LogP contribution in [-0.2, 0) is 6.42 Å². The summed E-state index contributed by atoms with van der Waals surface area (Å²) in [5, 5.41) is 18.5. The molecule has 0 heterocycles. The highest BCUT2D eigenvalue weighted by Crippen LogP contribution is 2.36. The predicted octanol–water partition coefficient (Wildman–Crippen LogP) is 0.578. The predicted molar refractivity (Wildman–Crippen MR) is 86.3 cm³/mol. The Morgan fingerprint density at radius 3 is 2.29 bits per heavy atom. The molecule has 0 aromatic heterocycles. The maximum atomic E-state index is 9.56. The van der Waals surface area contributed by atoms with Gasteiger partial charge in [-0.1, -0.05) is 0 Å². The molecule has 2 rings (SSSR count). The van der Waals surface area contributed by atoms with E-state index in [1.807, 2.05) is 0 Å². The number of rotatable bonds is 4. The van der Waals surface area contributed by atoms with Crippen molar-refractivity contribution in [2.75, 3.05) is 29.5 Å². The van der Waals surface area contributed by atoms with E-state index in [0.717, 1.165) is 5.56 Å². The summed E-state index contributed by atoms with van der Waals surface area (Å²) < 4.78 is 0. The maximum Gasteiger partial charge on any atom is 0.0811 e. The number of nitrogen functional groups attached to an aromatic ring is 4. The second-order valence-electron chi connectivity index (χ2n) is 5.03. The lowest BCUT2D eigenvalue weighted by molar-refractivity contribution is 0.0955. The molecule has 0 aliphatic rings. The van der Waals surface area contributed by atoms with Crippen LogP contribution in [0.15, 0.2) is 30.3 Å². The Balaban J connectivity index is 2.54. The van der Waals surface area contributed by atoms with Crippen molar-refractivity contribution < 1.29 is 10.2 Å². The quantitative estimate of drug-likeness (QED) is 0.454. The van der Waals surface area contributed by atoms with Crippen molar-refractivity contribution in [3.8, 4) is 11.1 Å². The van der Waals surface area contributed by atoms with Crippen molar-refractivity contribution in [1.29, 1.82) is 0 Å². The maximum absolute atomic E-state index is 9.56. The van der Waals surface area contributed by atoms with Gasteiger partial charge in [0.05, 0.1) is 24.1 Å². The first-order valence-corrected chi connectivity index (χ1v) is 6.54. The summed E-state index contributed by atoms with van der Waals surface area (Å²) in [7, 11) is 0. The van der Waals surface area contributed by atoms with Gasteiger partial charge in [0, 0.05) is 28.9 Å². The van der Waals surface area contributed by atoms with E-state index >= 15 is 0 Å². The summed E-state index contributed by atoms with van der Waals surface area (Å²) >= 11 is 0. The number of benzene rings is 2. The van der Waals surface area contributed by atoms with Crippen molar-refractivity contribution >= 4 is 22.7 Å². The Kier molecular flexibility index (Phi) is 4.21. The summed E-state index contributed by atoms with van der Waals surface area (Å²) in [6.45, 7) is -0.319. The van der Waals surface area contributed by atoms with E-state index in [0.29, 0.717) is 33.9 Å². The van der Waals surface area contributed by atoms with Crippen LogP contribution in [0.4, 0.5) is 22.7 Å². The minimum absolute atomic E-state index is 0.274. The first-order chi connectivity index (χ1) is 9.92. The standard InChI is InChI=1S/C15H20N4O2/c16-9-1-2-13(17)11(6-9)12-4-8(3-10(21)7-20)5-14(18)15(12)19/h1-2,4-6,10,20-21H,3,7,16-19H2. The average Bonchev–Trinajstić information content (AvgIpc) is 2.45. The molecule has 6 heteroatoms. The molecule has 0 amide bonds. The van der Waals surface area contributed by atoms with Crippen molar-refractivity contribution in [2.24, 2.45) is 0 Å². The molecule has 0 aliphatic heterocycles. The lowest BCUT2D eigenvalue weighted by Gasteiger charge is -2.15. The van der Waals surface area contributed by atoms with E-state index in [-0.39, 0.29) is 13.0 Å². The molecule has 6 nitrogen and oxygen atoms in total. The minimum atomic E-state index is -0.848. The van der Waals surface area contributed by atoms with Gasteiger partial charge in [-0.2, -0.15) is 0 Å². The van der Waals surface area contributed by atoms with Gasteiger partial charge in [0.2, 0.25) is 0 Å². The summed E-state index contributed by atoms with van der Waals surface area (Å²) in [5.41, 5.74) is 27.8. The zero-order valence-corrected chi connectivity index (χ0v) is 11.6. The average molecular weight is 288 g/mol. The van der Waals surface area contributed by atoms with Crippen LogP contribution in [0.1, 0.15) is 5.56 Å². The molecule has 0 spiro atoms. The zero-order valence-electron chi connectivity index (χ0n) is 11.6. The highest BCUT2D eigenvalue weighted by atomic mass is 16.3. The van der Waals surface area contributed by atoms with E-state index in [1.165, 1.54) is 0 Å². The fourth-order valence-electron chi connectivity index (χ4n) is 2.22. The van der Waals surface area contributed by atoms with Gasteiger partial charge in [-0.15, -0.1) is 0 Å².